The molecule has 0 heterocycles. The minimum atomic E-state index is -0.216. The van der Waals surface area contributed by atoms with Crippen LogP contribution >= 0.6 is 23.4 Å². The highest BCUT2D eigenvalue weighted by molar-refractivity contribution is 7.99. The molecule has 0 aliphatic carbocycles. The molecule has 19 heavy (non-hydrogen) atoms. The van der Waals surface area contributed by atoms with Gasteiger partial charge in [0.15, 0.2) is 0 Å². The van der Waals surface area contributed by atoms with Crippen molar-refractivity contribution < 1.29 is 4.39 Å². The molecule has 1 nitrogen and oxygen atoms in total. The first-order valence-electron chi connectivity index (χ1n) is 6.02. The highest BCUT2D eigenvalue weighted by Crippen LogP contribution is 2.22. The van der Waals surface area contributed by atoms with Crippen molar-refractivity contribution in [3.8, 4) is 0 Å². The molecule has 2 rings (SSSR count). The van der Waals surface area contributed by atoms with E-state index in [1.54, 1.807) is 17.8 Å². The van der Waals surface area contributed by atoms with Gasteiger partial charge in [0.1, 0.15) is 5.82 Å². The van der Waals surface area contributed by atoms with Crippen LogP contribution in [0.1, 0.15) is 5.56 Å². The molecule has 1 atom stereocenters. The zero-order chi connectivity index (χ0) is 13.7. The maximum absolute atomic E-state index is 13.1. The Morgan fingerprint density at radius 3 is 2.68 bits per heavy atom. The Kier molecular flexibility index (Phi) is 5.25. The second-order valence-electron chi connectivity index (χ2n) is 4.36. The molecule has 4 heteroatoms. The van der Waals surface area contributed by atoms with E-state index in [9.17, 15) is 4.39 Å². The summed E-state index contributed by atoms with van der Waals surface area (Å²) in [5.74, 6) is 0.559. The molecule has 0 amide bonds. The van der Waals surface area contributed by atoms with Gasteiger partial charge in [-0.05, 0) is 42.3 Å². The lowest BCUT2D eigenvalue weighted by Crippen LogP contribution is -2.25. The molecule has 0 aromatic heterocycles. The van der Waals surface area contributed by atoms with Crippen LogP contribution in [-0.4, -0.2) is 11.8 Å². The summed E-state index contributed by atoms with van der Waals surface area (Å²) in [7, 11) is 0. The Hall–Kier alpha value is -1.03. The minimum absolute atomic E-state index is 0.00854. The lowest BCUT2D eigenvalue weighted by atomic mass is 10.1. The summed E-state index contributed by atoms with van der Waals surface area (Å²) >= 11 is 7.58. The average Bonchev–Trinajstić information content (AvgIpc) is 2.36. The van der Waals surface area contributed by atoms with Gasteiger partial charge >= 0.3 is 0 Å². The lowest BCUT2D eigenvalue weighted by molar-refractivity contribution is 0.623. The molecule has 100 valence electrons. The third-order valence-corrected chi connectivity index (χ3v) is 4.06. The van der Waals surface area contributed by atoms with Gasteiger partial charge in [-0.15, -0.1) is 11.8 Å². The number of nitrogens with two attached hydrogens (primary N) is 1. The summed E-state index contributed by atoms with van der Waals surface area (Å²) in [5, 5.41) is 0.726. The molecule has 0 radical (unpaired) electrons. The largest absolute Gasteiger partial charge is 0.327 e. The van der Waals surface area contributed by atoms with Crippen molar-refractivity contribution in [2.24, 2.45) is 5.73 Å². The topological polar surface area (TPSA) is 26.0 Å². The molecular formula is C15H15ClFNS. The predicted octanol–water partition coefficient (Wildman–Crippen LogP) is 4.14. The van der Waals surface area contributed by atoms with Gasteiger partial charge in [0.2, 0.25) is 0 Å². The smallest absolute Gasteiger partial charge is 0.123 e. The number of halogens is 2. The van der Waals surface area contributed by atoms with Crippen molar-refractivity contribution in [1.29, 1.82) is 0 Å². The van der Waals surface area contributed by atoms with Gasteiger partial charge in [0.25, 0.3) is 0 Å². The molecule has 0 fully saturated rings. The molecule has 0 aliphatic heterocycles. The van der Waals surface area contributed by atoms with Crippen molar-refractivity contribution in [3.63, 3.8) is 0 Å². The van der Waals surface area contributed by atoms with Gasteiger partial charge in [-0.25, -0.2) is 4.39 Å². The van der Waals surface area contributed by atoms with E-state index in [1.807, 2.05) is 30.3 Å². The first-order chi connectivity index (χ1) is 9.13. The highest BCUT2D eigenvalue weighted by atomic mass is 35.5. The normalized spacial score (nSPS) is 12.4. The fraction of sp³-hybridized carbons (Fsp3) is 0.200. The minimum Gasteiger partial charge on any atom is -0.327 e. The van der Waals surface area contributed by atoms with Crippen LogP contribution < -0.4 is 5.73 Å². The Bertz CT molecular complexity index is 547. The lowest BCUT2D eigenvalue weighted by Gasteiger charge is -2.11. The fourth-order valence-corrected chi connectivity index (χ4v) is 2.95. The Labute approximate surface area is 122 Å². The van der Waals surface area contributed by atoms with Gasteiger partial charge in [-0.3, -0.25) is 0 Å². The van der Waals surface area contributed by atoms with Crippen molar-refractivity contribution in [2.75, 3.05) is 5.75 Å². The molecular weight excluding hydrogens is 281 g/mol. The van der Waals surface area contributed by atoms with E-state index in [1.165, 1.54) is 12.1 Å². The van der Waals surface area contributed by atoms with Gasteiger partial charge in [0.05, 0.1) is 0 Å². The van der Waals surface area contributed by atoms with Crippen LogP contribution in [0.4, 0.5) is 4.39 Å². The molecule has 1 unspecified atom stereocenters. The number of hydrogen-bond acceptors (Lipinski definition) is 2. The molecule has 0 saturated carbocycles. The number of benzene rings is 2. The zero-order valence-corrected chi connectivity index (χ0v) is 11.9. The Morgan fingerprint density at radius 2 is 1.95 bits per heavy atom. The highest BCUT2D eigenvalue weighted by Gasteiger charge is 2.06. The van der Waals surface area contributed by atoms with Crippen molar-refractivity contribution in [3.05, 3.63) is 64.9 Å². The van der Waals surface area contributed by atoms with Crippen molar-refractivity contribution >= 4 is 23.4 Å². The maximum Gasteiger partial charge on any atom is 0.123 e. The second-order valence-corrected chi connectivity index (χ2v) is 5.89. The predicted molar refractivity (Wildman–Crippen MR) is 80.3 cm³/mol. The molecule has 2 aromatic rings. The first-order valence-corrected chi connectivity index (χ1v) is 7.38. The fourth-order valence-electron chi connectivity index (χ4n) is 1.79. The van der Waals surface area contributed by atoms with E-state index in [0.717, 1.165) is 21.2 Å². The van der Waals surface area contributed by atoms with Gasteiger partial charge in [-0.1, -0.05) is 29.8 Å². The standard InChI is InChI=1S/C15H15ClFNS/c16-12-4-2-6-15(9-12)19-10-14(18)8-11-3-1-5-13(17)7-11/h1-7,9,14H,8,10,18H2. The van der Waals surface area contributed by atoms with Crippen molar-refractivity contribution in [1.82, 2.24) is 0 Å². The number of hydrogen-bond donors (Lipinski definition) is 1. The molecule has 0 aliphatic rings. The average molecular weight is 296 g/mol. The zero-order valence-electron chi connectivity index (χ0n) is 10.4. The summed E-state index contributed by atoms with van der Waals surface area (Å²) < 4.78 is 13.1. The summed E-state index contributed by atoms with van der Waals surface area (Å²) in [4.78, 5) is 1.10. The molecule has 0 spiro atoms. The van der Waals surface area contributed by atoms with E-state index in [-0.39, 0.29) is 11.9 Å². The van der Waals surface area contributed by atoms with Crippen LogP contribution in [0.5, 0.6) is 0 Å². The van der Waals surface area contributed by atoms with Crippen LogP contribution in [-0.2, 0) is 6.42 Å². The molecule has 2 N–H and O–H groups in total. The van der Waals surface area contributed by atoms with E-state index in [0.29, 0.717) is 6.42 Å². The van der Waals surface area contributed by atoms with E-state index in [4.69, 9.17) is 17.3 Å². The maximum atomic E-state index is 13.1. The van der Waals surface area contributed by atoms with E-state index in [2.05, 4.69) is 0 Å². The second kappa shape index (κ2) is 6.94. The van der Waals surface area contributed by atoms with Crippen LogP contribution in [0.2, 0.25) is 5.02 Å². The van der Waals surface area contributed by atoms with Crippen LogP contribution in [0.25, 0.3) is 0 Å². The first kappa shape index (κ1) is 14.4. The van der Waals surface area contributed by atoms with Gasteiger partial charge in [-0.2, -0.15) is 0 Å². The van der Waals surface area contributed by atoms with Crippen LogP contribution in [0.15, 0.2) is 53.4 Å². The molecule has 0 bridgehead atoms. The van der Waals surface area contributed by atoms with Crippen LogP contribution in [0.3, 0.4) is 0 Å². The number of thioether (sulfide) groups is 1. The van der Waals surface area contributed by atoms with E-state index < -0.39 is 0 Å². The summed E-state index contributed by atoms with van der Waals surface area (Å²) in [6.07, 6.45) is 0.672. The summed E-state index contributed by atoms with van der Waals surface area (Å²) in [5.41, 5.74) is 7.00. The molecule has 0 saturated heterocycles. The third-order valence-electron chi connectivity index (χ3n) is 2.65. The third kappa shape index (κ3) is 4.86. The monoisotopic (exact) mass is 295 g/mol. The van der Waals surface area contributed by atoms with E-state index >= 15 is 0 Å². The van der Waals surface area contributed by atoms with Crippen LogP contribution in [0, 0.1) is 5.82 Å². The Balaban J connectivity index is 1.86. The number of rotatable bonds is 5. The quantitative estimate of drug-likeness (QED) is 0.839. The molecule has 2 aromatic carbocycles. The Morgan fingerprint density at radius 1 is 1.16 bits per heavy atom. The van der Waals surface area contributed by atoms with Crippen molar-refractivity contribution in [2.45, 2.75) is 17.4 Å². The summed E-state index contributed by atoms with van der Waals surface area (Å²) in [6.45, 7) is 0. The summed E-state index contributed by atoms with van der Waals surface area (Å²) in [6, 6.07) is 14.3. The van der Waals surface area contributed by atoms with Gasteiger partial charge in [0, 0.05) is 21.7 Å². The van der Waals surface area contributed by atoms with Gasteiger partial charge < -0.3 is 5.73 Å². The SMILES string of the molecule is NC(CSc1cccc(Cl)c1)Cc1cccc(F)c1.